The fourth-order valence-electron chi connectivity index (χ4n) is 4.17. The van der Waals surface area contributed by atoms with Gasteiger partial charge in [-0.05, 0) is 62.4 Å². The van der Waals surface area contributed by atoms with Crippen LogP contribution in [0.2, 0.25) is 5.02 Å². The molecule has 0 aliphatic carbocycles. The molecular formula is C29H25ClF2N6O. The Morgan fingerprint density at radius 1 is 1.05 bits per heavy atom. The zero-order valence-corrected chi connectivity index (χ0v) is 22.0. The molecule has 0 fully saturated rings. The second-order valence-electron chi connectivity index (χ2n) is 9.89. The van der Waals surface area contributed by atoms with Crippen molar-refractivity contribution in [3.05, 3.63) is 106 Å². The Hall–Kier alpha value is -4.21. The molecule has 1 aliphatic heterocycles. The topological polar surface area (TPSA) is 105 Å². The molecule has 10 heteroatoms. The molecule has 198 valence electrons. The maximum Gasteiger partial charge on any atom is 0.251 e. The monoisotopic (exact) mass is 546 g/mol. The van der Waals surface area contributed by atoms with Crippen molar-refractivity contribution in [2.75, 3.05) is 11.9 Å². The minimum Gasteiger partial charge on any atom is -0.350 e. The summed E-state index contributed by atoms with van der Waals surface area (Å²) >= 11 is 6.28. The van der Waals surface area contributed by atoms with E-state index in [-0.39, 0.29) is 23.7 Å². The number of nitrogens with two attached hydrogens (primary N) is 1. The third-order valence-electron chi connectivity index (χ3n) is 6.07. The fraction of sp³-hybridized carbons (Fsp3) is 0.172. The van der Waals surface area contributed by atoms with Gasteiger partial charge in [-0.3, -0.25) is 9.79 Å². The van der Waals surface area contributed by atoms with Gasteiger partial charge in [0.25, 0.3) is 5.91 Å². The molecular weight excluding hydrogens is 522 g/mol. The lowest BCUT2D eigenvalue weighted by atomic mass is 9.95. The zero-order valence-electron chi connectivity index (χ0n) is 21.2. The van der Waals surface area contributed by atoms with Crippen molar-refractivity contribution in [1.82, 2.24) is 15.3 Å². The van der Waals surface area contributed by atoms with Gasteiger partial charge in [-0.1, -0.05) is 23.7 Å². The van der Waals surface area contributed by atoms with Crippen LogP contribution < -0.4 is 16.4 Å². The molecule has 7 nitrogen and oxygen atoms in total. The van der Waals surface area contributed by atoms with Gasteiger partial charge in [-0.2, -0.15) is 0 Å². The highest BCUT2D eigenvalue weighted by molar-refractivity contribution is 6.31. The Labute approximate surface area is 229 Å². The normalized spacial score (nSPS) is 12.6. The number of halogens is 3. The van der Waals surface area contributed by atoms with Crippen LogP contribution in [0.15, 0.2) is 71.9 Å². The number of aliphatic imine (C=N–C) groups is 1. The van der Waals surface area contributed by atoms with Crippen molar-refractivity contribution in [3.63, 3.8) is 0 Å². The first-order valence-electron chi connectivity index (χ1n) is 12.2. The minimum atomic E-state index is -0.720. The first-order chi connectivity index (χ1) is 18.6. The third-order valence-corrected chi connectivity index (χ3v) is 6.31. The van der Waals surface area contributed by atoms with Crippen LogP contribution >= 0.6 is 11.6 Å². The number of amides is 1. The van der Waals surface area contributed by atoms with Crippen molar-refractivity contribution in [2.45, 2.75) is 25.9 Å². The van der Waals surface area contributed by atoms with E-state index in [0.717, 1.165) is 0 Å². The Kier molecular flexibility index (Phi) is 7.12. The summed E-state index contributed by atoms with van der Waals surface area (Å²) < 4.78 is 29.5. The van der Waals surface area contributed by atoms with Crippen LogP contribution in [-0.4, -0.2) is 33.7 Å². The molecule has 4 aromatic rings. The highest BCUT2D eigenvalue weighted by Crippen LogP contribution is 2.34. The lowest BCUT2D eigenvalue weighted by Crippen LogP contribution is -2.45. The minimum absolute atomic E-state index is 0.119. The van der Waals surface area contributed by atoms with E-state index in [9.17, 15) is 13.6 Å². The van der Waals surface area contributed by atoms with Crippen molar-refractivity contribution in [2.24, 2.45) is 10.7 Å². The molecule has 0 spiro atoms. The molecule has 0 radical (unpaired) electrons. The molecule has 39 heavy (non-hydrogen) atoms. The van der Waals surface area contributed by atoms with E-state index in [0.29, 0.717) is 51.2 Å². The molecule has 1 amide bonds. The summed E-state index contributed by atoms with van der Waals surface area (Å²) in [4.78, 5) is 26.0. The van der Waals surface area contributed by atoms with E-state index in [1.165, 1.54) is 18.2 Å². The number of hydrogen-bond acceptors (Lipinski definition) is 6. The Bertz CT molecular complexity index is 1580. The van der Waals surface area contributed by atoms with Crippen LogP contribution in [0.3, 0.4) is 0 Å². The van der Waals surface area contributed by atoms with Gasteiger partial charge in [-0.15, -0.1) is 0 Å². The fourth-order valence-corrected chi connectivity index (χ4v) is 4.34. The van der Waals surface area contributed by atoms with E-state index in [4.69, 9.17) is 22.3 Å². The number of aromatic nitrogens is 2. The molecule has 1 aromatic heterocycles. The third kappa shape index (κ3) is 5.79. The number of carbonyl (C=O) groups excluding carboxylic acids is 1. The molecule has 0 unspecified atom stereocenters. The van der Waals surface area contributed by atoms with Gasteiger partial charge in [-0.25, -0.2) is 18.7 Å². The molecule has 0 bridgehead atoms. The number of benzene rings is 3. The predicted octanol–water partition coefficient (Wildman–Crippen LogP) is 5.64. The smallest absolute Gasteiger partial charge is 0.251 e. The van der Waals surface area contributed by atoms with E-state index < -0.39 is 17.2 Å². The number of rotatable bonds is 6. The van der Waals surface area contributed by atoms with Gasteiger partial charge in [0.2, 0.25) is 5.95 Å². The number of carbonyl (C=O) groups is 1. The van der Waals surface area contributed by atoms with E-state index in [2.05, 4.69) is 20.6 Å². The summed E-state index contributed by atoms with van der Waals surface area (Å²) in [5.41, 5.74) is 8.84. The summed E-state index contributed by atoms with van der Waals surface area (Å²) in [5.74, 6) is -1.36. The van der Waals surface area contributed by atoms with Gasteiger partial charge in [0.05, 0.1) is 23.5 Å². The average Bonchev–Trinajstić information content (AvgIpc) is 3.04. The summed E-state index contributed by atoms with van der Waals surface area (Å²) in [7, 11) is 0. The largest absolute Gasteiger partial charge is 0.350 e. The lowest BCUT2D eigenvalue weighted by Gasteiger charge is -2.18. The van der Waals surface area contributed by atoms with Crippen LogP contribution in [0, 0.1) is 11.6 Å². The van der Waals surface area contributed by atoms with Crippen LogP contribution in [0.5, 0.6) is 0 Å². The maximum atomic E-state index is 14.7. The predicted molar refractivity (Wildman–Crippen MR) is 149 cm³/mol. The number of nitrogens with one attached hydrogen (secondary N) is 2. The number of fused-ring (bicyclic) bond motifs is 3. The number of hydrogen-bond donors (Lipinski definition) is 3. The Morgan fingerprint density at radius 3 is 2.46 bits per heavy atom. The van der Waals surface area contributed by atoms with E-state index in [1.54, 1.807) is 48.7 Å². The average molecular weight is 547 g/mol. The highest BCUT2D eigenvalue weighted by Gasteiger charge is 2.25. The standard InChI is InChI=1S/C29H25ClF2N6O/c1-29(2,33)15-36-27(39)16-6-9-19(10-7-16)37-28-35-14-17-13-34-26(24-22(31)4-3-5-23(24)32)21-12-18(30)8-11-20(21)25(17)38-28/h3-12,14H,13,15,33H2,1-2H3,(H,36,39)(H,35,37,38). The van der Waals surface area contributed by atoms with Crippen molar-refractivity contribution in [3.8, 4) is 11.3 Å². The summed E-state index contributed by atoms with van der Waals surface area (Å²) in [6.45, 7) is 4.13. The second-order valence-corrected chi connectivity index (χ2v) is 10.3. The molecule has 0 saturated carbocycles. The van der Waals surface area contributed by atoms with Crippen LogP contribution in [0.25, 0.3) is 11.3 Å². The van der Waals surface area contributed by atoms with Crippen molar-refractivity contribution in [1.29, 1.82) is 0 Å². The van der Waals surface area contributed by atoms with Crippen LogP contribution in [-0.2, 0) is 6.54 Å². The van der Waals surface area contributed by atoms with E-state index >= 15 is 0 Å². The van der Waals surface area contributed by atoms with Gasteiger partial charge in [0.1, 0.15) is 11.6 Å². The Morgan fingerprint density at radius 2 is 1.77 bits per heavy atom. The van der Waals surface area contributed by atoms with Crippen LogP contribution in [0.4, 0.5) is 20.4 Å². The molecule has 0 atom stereocenters. The number of nitrogens with zero attached hydrogens (tertiary/aromatic N) is 3. The van der Waals surface area contributed by atoms with Gasteiger partial charge in [0.15, 0.2) is 0 Å². The SMILES string of the molecule is CC(C)(N)CNC(=O)c1ccc(Nc2ncc3c(n2)-c2ccc(Cl)cc2C(c2c(F)cccc2F)=NC3)cc1. The zero-order chi connectivity index (χ0) is 27.7. The molecule has 0 saturated heterocycles. The molecule has 2 heterocycles. The van der Waals surface area contributed by atoms with Crippen LogP contribution in [0.1, 0.15) is 40.9 Å². The molecule has 1 aliphatic rings. The first-order valence-corrected chi connectivity index (χ1v) is 12.6. The molecule has 4 N–H and O–H groups in total. The number of anilines is 2. The highest BCUT2D eigenvalue weighted by atomic mass is 35.5. The quantitative estimate of drug-likeness (QED) is 0.290. The van der Waals surface area contributed by atoms with Gasteiger partial charge >= 0.3 is 0 Å². The van der Waals surface area contributed by atoms with Crippen molar-refractivity contribution >= 4 is 34.9 Å². The second kappa shape index (κ2) is 10.5. The summed E-state index contributed by atoms with van der Waals surface area (Å²) in [5, 5.41) is 6.35. The Balaban J connectivity index is 1.45. The van der Waals surface area contributed by atoms with Crippen molar-refractivity contribution < 1.29 is 13.6 Å². The van der Waals surface area contributed by atoms with Gasteiger partial charge in [0, 0.05) is 51.2 Å². The molecule has 3 aromatic carbocycles. The summed E-state index contributed by atoms with van der Waals surface area (Å²) in [6.07, 6.45) is 1.63. The maximum absolute atomic E-state index is 14.7. The molecule has 5 rings (SSSR count). The van der Waals surface area contributed by atoms with E-state index in [1.807, 2.05) is 13.8 Å². The summed E-state index contributed by atoms with van der Waals surface area (Å²) in [6, 6.07) is 15.6. The first kappa shape index (κ1) is 26.4. The van der Waals surface area contributed by atoms with Gasteiger partial charge < -0.3 is 16.4 Å². The lowest BCUT2D eigenvalue weighted by molar-refractivity contribution is 0.0946.